The number of hydrogen-bond acceptors (Lipinski definition) is 4. The minimum atomic E-state index is -3.92. The highest BCUT2D eigenvalue weighted by Crippen LogP contribution is 2.24. The van der Waals surface area contributed by atoms with Crippen molar-refractivity contribution >= 4 is 21.6 Å². The zero-order valence-electron chi connectivity index (χ0n) is 18.8. The van der Waals surface area contributed by atoms with Crippen molar-refractivity contribution < 1.29 is 17.9 Å². The highest BCUT2D eigenvalue weighted by atomic mass is 32.2. The molecule has 3 rings (SSSR count). The number of rotatable bonds is 8. The summed E-state index contributed by atoms with van der Waals surface area (Å²) in [6, 6.07) is 19.3. The van der Waals surface area contributed by atoms with Crippen LogP contribution < -0.4 is 10.1 Å². The van der Waals surface area contributed by atoms with Crippen LogP contribution in [-0.2, 0) is 21.4 Å². The molecule has 1 amide bonds. The number of nitrogens with zero attached hydrogens (tertiary/aromatic N) is 1. The average Bonchev–Trinajstić information content (AvgIpc) is 2.76. The van der Waals surface area contributed by atoms with Gasteiger partial charge in [-0.2, -0.15) is 4.31 Å². The molecule has 0 fully saturated rings. The summed E-state index contributed by atoms with van der Waals surface area (Å²) in [6.07, 6.45) is 0. The van der Waals surface area contributed by atoms with Gasteiger partial charge in [0.15, 0.2) is 0 Å². The van der Waals surface area contributed by atoms with E-state index in [9.17, 15) is 13.2 Å². The Morgan fingerprint density at radius 3 is 2.09 bits per heavy atom. The highest BCUT2D eigenvalue weighted by Gasteiger charge is 2.27. The normalized spacial score (nSPS) is 11.4. The van der Waals surface area contributed by atoms with Crippen LogP contribution in [0.3, 0.4) is 0 Å². The van der Waals surface area contributed by atoms with Crippen LogP contribution in [0.1, 0.15) is 22.3 Å². The molecule has 0 aliphatic carbocycles. The molecule has 0 heterocycles. The van der Waals surface area contributed by atoms with Crippen LogP contribution in [0.4, 0.5) is 5.69 Å². The van der Waals surface area contributed by atoms with Crippen molar-refractivity contribution in [2.24, 2.45) is 0 Å². The largest absolute Gasteiger partial charge is 0.497 e. The number of carbonyl (C=O) groups excluding carboxylic acids is 1. The molecule has 0 aromatic heterocycles. The Labute approximate surface area is 189 Å². The molecule has 0 bridgehead atoms. The van der Waals surface area contributed by atoms with Gasteiger partial charge in [0.25, 0.3) is 0 Å². The van der Waals surface area contributed by atoms with E-state index >= 15 is 0 Å². The fourth-order valence-electron chi connectivity index (χ4n) is 3.63. The predicted molar refractivity (Wildman–Crippen MR) is 126 cm³/mol. The SMILES string of the molecule is COc1ccc(S(=O)(=O)N(CC(=O)Nc2c(C)cc(C)cc2C)Cc2ccccc2)cc1. The van der Waals surface area contributed by atoms with Crippen molar-refractivity contribution in [1.82, 2.24) is 4.31 Å². The van der Waals surface area contributed by atoms with Crippen LogP contribution in [0.15, 0.2) is 71.6 Å². The number of ether oxygens (including phenoxy) is 1. The number of nitrogens with one attached hydrogen (secondary N) is 1. The van der Waals surface area contributed by atoms with Crippen molar-refractivity contribution in [3.63, 3.8) is 0 Å². The number of anilines is 1. The molecule has 3 aromatic rings. The quantitative estimate of drug-likeness (QED) is 0.548. The molecule has 0 saturated heterocycles. The van der Waals surface area contributed by atoms with Gasteiger partial charge < -0.3 is 10.1 Å². The molecule has 7 heteroatoms. The molecule has 0 unspecified atom stereocenters. The molecule has 0 aliphatic heterocycles. The number of amides is 1. The molecule has 1 N–H and O–H groups in total. The maximum absolute atomic E-state index is 13.4. The molecule has 0 radical (unpaired) electrons. The Balaban J connectivity index is 1.89. The summed E-state index contributed by atoms with van der Waals surface area (Å²) in [4.78, 5) is 13.0. The molecule has 0 aliphatic rings. The molecular formula is C25H28N2O4S. The van der Waals surface area contributed by atoms with Crippen LogP contribution in [0.2, 0.25) is 0 Å². The van der Waals surface area contributed by atoms with Gasteiger partial charge in [-0.25, -0.2) is 8.42 Å². The Kier molecular flexibility index (Phi) is 7.33. The first-order valence-electron chi connectivity index (χ1n) is 10.3. The number of hydrogen-bond donors (Lipinski definition) is 1. The molecule has 0 saturated carbocycles. The minimum absolute atomic E-state index is 0.0779. The molecule has 3 aromatic carbocycles. The van der Waals surface area contributed by atoms with E-state index in [0.29, 0.717) is 11.4 Å². The van der Waals surface area contributed by atoms with E-state index < -0.39 is 15.9 Å². The second-order valence-corrected chi connectivity index (χ2v) is 9.69. The van der Waals surface area contributed by atoms with E-state index in [1.54, 1.807) is 12.1 Å². The van der Waals surface area contributed by atoms with Gasteiger partial charge in [-0.15, -0.1) is 0 Å². The third-order valence-corrected chi connectivity index (χ3v) is 6.97. The number of methoxy groups -OCH3 is 1. The second-order valence-electron chi connectivity index (χ2n) is 7.76. The van der Waals surface area contributed by atoms with Crippen LogP contribution in [0.25, 0.3) is 0 Å². The standard InChI is InChI=1S/C25H28N2O4S/c1-18-14-19(2)25(20(3)15-18)26-24(28)17-27(16-21-8-6-5-7-9-21)32(29,30)23-12-10-22(31-4)11-13-23/h5-15H,16-17H2,1-4H3,(H,26,28). The maximum Gasteiger partial charge on any atom is 0.243 e. The minimum Gasteiger partial charge on any atom is -0.497 e. The van der Waals surface area contributed by atoms with Gasteiger partial charge in [-0.3, -0.25) is 4.79 Å². The van der Waals surface area contributed by atoms with Crippen molar-refractivity contribution in [3.8, 4) is 5.75 Å². The van der Waals surface area contributed by atoms with E-state index in [-0.39, 0.29) is 18.0 Å². The number of benzene rings is 3. The van der Waals surface area contributed by atoms with Crippen LogP contribution in [0.5, 0.6) is 5.75 Å². The number of sulfonamides is 1. The van der Waals surface area contributed by atoms with Gasteiger partial charge in [-0.05, 0) is 61.7 Å². The van der Waals surface area contributed by atoms with Gasteiger partial charge in [0.1, 0.15) is 5.75 Å². The van der Waals surface area contributed by atoms with Crippen LogP contribution in [0, 0.1) is 20.8 Å². The first kappa shape index (κ1) is 23.5. The molecule has 6 nitrogen and oxygen atoms in total. The summed E-state index contributed by atoms with van der Waals surface area (Å²) in [7, 11) is -2.40. The molecule has 0 spiro atoms. The smallest absolute Gasteiger partial charge is 0.243 e. The Hall–Kier alpha value is -3.16. The fourth-order valence-corrected chi connectivity index (χ4v) is 5.01. The Morgan fingerprint density at radius 1 is 0.938 bits per heavy atom. The molecule has 0 atom stereocenters. The topological polar surface area (TPSA) is 75.7 Å². The Bertz CT molecular complexity index is 1170. The van der Waals surface area contributed by atoms with Gasteiger partial charge in [0.2, 0.25) is 15.9 Å². The maximum atomic E-state index is 13.4. The number of aryl methyl sites for hydroxylation is 3. The van der Waals surface area contributed by atoms with E-state index in [1.807, 2.05) is 63.2 Å². The summed E-state index contributed by atoms with van der Waals surface area (Å²) < 4.78 is 33.1. The fraction of sp³-hybridized carbons (Fsp3) is 0.240. The van der Waals surface area contributed by atoms with Crippen molar-refractivity contribution in [1.29, 1.82) is 0 Å². The van der Waals surface area contributed by atoms with E-state index in [1.165, 1.54) is 23.5 Å². The zero-order valence-corrected chi connectivity index (χ0v) is 19.6. The van der Waals surface area contributed by atoms with E-state index in [0.717, 1.165) is 22.3 Å². The van der Waals surface area contributed by atoms with Gasteiger partial charge in [0, 0.05) is 12.2 Å². The number of carbonyl (C=O) groups is 1. The van der Waals surface area contributed by atoms with Crippen LogP contribution in [-0.4, -0.2) is 32.3 Å². The lowest BCUT2D eigenvalue weighted by molar-refractivity contribution is -0.116. The van der Waals surface area contributed by atoms with Crippen molar-refractivity contribution in [3.05, 3.63) is 89.0 Å². The third-order valence-electron chi connectivity index (χ3n) is 5.16. The zero-order chi connectivity index (χ0) is 23.3. The lowest BCUT2D eigenvalue weighted by atomic mass is 10.1. The van der Waals surface area contributed by atoms with Gasteiger partial charge in [0.05, 0.1) is 18.6 Å². The Morgan fingerprint density at radius 2 is 1.53 bits per heavy atom. The third kappa shape index (κ3) is 5.55. The lowest BCUT2D eigenvalue weighted by Gasteiger charge is -2.23. The van der Waals surface area contributed by atoms with E-state index in [2.05, 4.69) is 5.32 Å². The molecule has 168 valence electrons. The van der Waals surface area contributed by atoms with E-state index in [4.69, 9.17) is 4.74 Å². The summed E-state index contributed by atoms with van der Waals surface area (Å²) in [5.74, 6) is 0.162. The summed E-state index contributed by atoms with van der Waals surface area (Å²) >= 11 is 0. The predicted octanol–water partition coefficient (Wildman–Crippen LogP) is 4.45. The first-order chi connectivity index (χ1) is 15.2. The summed E-state index contributed by atoms with van der Waals surface area (Å²) in [6.45, 7) is 5.61. The summed E-state index contributed by atoms with van der Waals surface area (Å²) in [5, 5.41) is 2.90. The van der Waals surface area contributed by atoms with Crippen molar-refractivity contribution in [2.75, 3.05) is 19.0 Å². The van der Waals surface area contributed by atoms with Gasteiger partial charge in [-0.1, -0.05) is 48.0 Å². The van der Waals surface area contributed by atoms with Gasteiger partial charge >= 0.3 is 0 Å². The first-order valence-corrected chi connectivity index (χ1v) is 11.7. The highest BCUT2D eigenvalue weighted by molar-refractivity contribution is 7.89. The molecular weight excluding hydrogens is 424 g/mol. The van der Waals surface area contributed by atoms with Crippen LogP contribution >= 0.6 is 0 Å². The average molecular weight is 453 g/mol. The monoisotopic (exact) mass is 452 g/mol. The summed E-state index contributed by atoms with van der Waals surface area (Å²) in [5.41, 5.74) is 4.47. The second kappa shape index (κ2) is 9.97. The van der Waals surface area contributed by atoms with Crippen molar-refractivity contribution in [2.45, 2.75) is 32.2 Å². The molecule has 32 heavy (non-hydrogen) atoms. The lowest BCUT2D eigenvalue weighted by Crippen LogP contribution is -2.37.